The highest BCUT2D eigenvalue weighted by atomic mass is 16.3. The van der Waals surface area contributed by atoms with Crippen LogP contribution in [0.25, 0.3) is 0 Å². The predicted molar refractivity (Wildman–Crippen MR) is 86.2 cm³/mol. The molecule has 22 heavy (non-hydrogen) atoms. The van der Waals surface area contributed by atoms with Gasteiger partial charge in [0.15, 0.2) is 0 Å². The molecule has 2 aliphatic carbocycles. The molecule has 1 saturated heterocycles. The summed E-state index contributed by atoms with van der Waals surface area (Å²) in [5, 5.41) is 10.3. The van der Waals surface area contributed by atoms with Gasteiger partial charge in [0.1, 0.15) is 0 Å². The van der Waals surface area contributed by atoms with E-state index in [1.54, 1.807) is 0 Å². The lowest BCUT2D eigenvalue weighted by Crippen LogP contribution is -2.62. The number of aliphatic hydroxyl groups excluding tert-OH is 1. The van der Waals surface area contributed by atoms with E-state index in [2.05, 4.69) is 37.0 Å². The van der Waals surface area contributed by atoms with Gasteiger partial charge in [-0.2, -0.15) is 0 Å². The predicted octanol–water partition coefficient (Wildman–Crippen LogP) is 3.82. The van der Waals surface area contributed by atoms with Gasteiger partial charge in [0.25, 0.3) is 0 Å². The summed E-state index contributed by atoms with van der Waals surface area (Å²) in [6.07, 6.45) is 12.2. The highest BCUT2D eigenvalue weighted by Crippen LogP contribution is 2.60. The molecule has 120 valence electrons. The minimum absolute atomic E-state index is 0.00965. The zero-order chi connectivity index (χ0) is 15.5. The largest absolute Gasteiger partial charge is 0.512 e. The second-order valence-corrected chi connectivity index (χ2v) is 8.23. The van der Waals surface area contributed by atoms with E-state index in [1.807, 2.05) is 0 Å². The zero-order valence-corrected chi connectivity index (χ0v) is 13.7. The highest BCUT2D eigenvalue weighted by Gasteiger charge is 2.58. The number of carbonyl (C=O) groups is 1. The van der Waals surface area contributed by atoms with Crippen molar-refractivity contribution in [2.24, 2.45) is 23.2 Å². The average Bonchev–Trinajstić information content (AvgIpc) is 2.70. The lowest BCUT2D eigenvalue weighted by atomic mass is 9.53. The number of rotatable bonds is 0. The normalized spacial score (nSPS) is 47.4. The Bertz CT molecular complexity index is 566. The molecule has 0 spiro atoms. The van der Waals surface area contributed by atoms with Gasteiger partial charge in [0.05, 0.1) is 5.76 Å². The fourth-order valence-corrected chi connectivity index (χ4v) is 6.03. The summed E-state index contributed by atoms with van der Waals surface area (Å²) in [4.78, 5) is 14.7. The molecule has 2 unspecified atom stereocenters. The number of fused-ring (bicyclic) bond motifs is 5. The van der Waals surface area contributed by atoms with Gasteiger partial charge in [-0.25, -0.2) is 0 Å². The van der Waals surface area contributed by atoms with Crippen LogP contribution in [0.15, 0.2) is 24.0 Å². The van der Waals surface area contributed by atoms with E-state index in [4.69, 9.17) is 0 Å². The maximum absolute atomic E-state index is 12.5. The maximum atomic E-state index is 12.5. The first-order chi connectivity index (χ1) is 10.5. The first kappa shape index (κ1) is 14.3. The Balaban J connectivity index is 1.69. The average molecular weight is 301 g/mol. The van der Waals surface area contributed by atoms with Crippen molar-refractivity contribution in [1.82, 2.24) is 4.90 Å². The first-order valence-electron chi connectivity index (χ1n) is 8.82. The van der Waals surface area contributed by atoms with Crippen LogP contribution in [0.2, 0.25) is 0 Å². The lowest BCUT2D eigenvalue weighted by molar-refractivity contribution is -0.150. The number of aliphatic hydroxyl groups is 1. The molecule has 1 saturated carbocycles. The fraction of sp³-hybridized carbons (Fsp3) is 0.737. The third-order valence-corrected chi connectivity index (χ3v) is 7.37. The summed E-state index contributed by atoms with van der Waals surface area (Å²) in [6, 6.07) is 0. The second kappa shape index (κ2) is 4.62. The summed E-state index contributed by atoms with van der Waals surface area (Å²) in [5.41, 5.74) is -0.0309. The molecule has 0 bridgehead atoms. The number of allylic oxidation sites excluding steroid dienone is 2. The summed E-state index contributed by atoms with van der Waals surface area (Å²) in [7, 11) is 0. The minimum Gasteiger partial charge on any atom is -0.512 e. The highest BCUT2D eigenvalue weighted by molar-refractivity contribution is 5.79. The molecule has 3 heteroatoms. The van der Waals surface area contributed by atoms with E-state index in [-0.39, 0.29) is 11.0 Å². The van der Waals surface area contributed by atoms with E-state index < -0.39 is 0 Å². The van der Waals surface area contributed by atoms with Crippen LogP contribution in [0.4, 0.5) is 0 Å². The summed E-state index contributed by atoms with van der Waals surface area (Å²) in [6.45, 7) is 5.45. The Hall–Kier alpha value is -1.25. The van der Waals surface area contributed by atoms with Crippen LogP contribution in [-0.4, -0.2) is 28.0 Å². The molecular formula is C19H27NO2. The van der Waals surface area contributed by atoms with Crippen molar-refractivity contribution in [2.75, 3.05) is 6.54 Å². The van der Waals surface area contributed by atoms with Gasteiger partial charge in [-0.15, -0.1) is 0 Å². The third-order valence-electron chi connectivity index (χ3n) is 7.37. The van der Waals surface area contributed by atoms with E-state index in [1.165, 1.54) is 0 Å². The first-order valence-corrected chi connectivity index (χ1v) is 8.82. The van der Waals surface area contributed by atoms with Gasteiger partial charge in [-0.05, 0) is 62.9 Å². The molecule has 2 heterocycles. The fourth-order valence-electron chi connectivity index (χ4n) is 6.03. The van der Waals surface area contributed by atoms with Crippen molar-refractivity contribution in [2.45, 2.75) is 57.9 Å². The number of amides is 1. The lowest BCUT2D eigenvalue weighted by Gasteiger charge is -2.59. The Kier molecular flexibility index (Phi) is 3.02. The van der Waals surface area contributed by atoms with Crippen LogP contribution in [-0.2, 0) is 4.79 Å². The van der Waals surface area contributed by atoms with Crippen LogP contribution in [0.3, 0.4) is 0 Å². The van der Waals surface area contributed by atoms with Crippen molar-refractivity contribution >= 4 is 5.91 Å². The molecule has 0 aromatic heterocycles. The van der Waals surface area contributed by atoms with E-state index in [0.717, 1.165) is 38.6 Å². The standard InChI is InChI=1S/C19H27NO2/c1-18-11-8-15-13(14(18)6-7-16(18)21)9-12-20-17(22)5-3-4-10-19(15,20)2/h3-4,7,13-15,21H,5-6,8-12H2,1-2H3/t13-,14?,15?,18-,19+/m0/s1. The van der Waals surface area contributed by atoms with E-state index in [9.17, 15) is 9.90 Å². The molecule has 5 atom stereocenters. The van der Waals surface area contributed by atoms with Crippen LogP contribution in [0, 0.1) is 23.2 Å². The number of piperidine rings is 1. The molecule has 0 aromatic rings. The van der Waals surface area contributed by atoms with Crippen LogP contribution in [0.5, 0.6) is 0 Å². The van der Waals surface area contributed by atoms with Crippen LogP contribution < -0.4 is 0 Å². The number of nitrogens with zero attached hydrogens (tertiary/aromatic N) is 1. The molecule has 4 rings (SSSR count). The van der Waals surface area contributed by atoms with Crippen molar-refractivity contribution < 1.29 is 9.90 Å². The van der Waals surface area contributed by atoms with Gasteiger partial charge in [0.2, 0.25) is 5.91 Å². The number of hydrogen-bond acceptors (Lipinski definition) is 2. The van der Waals surface area contributed by atoms with Gasteiger partial charge >= 0.3 is 0 Å². The molecule has 0 aromatic carbocycles. The third kappa shape index (κ3) is 1.71. The quantitative estimate of drug-likeness (QED) is 0.691. The van der Waals surface area contributed by atoms with Gasteiger partial charge < -0.3 is 10.0 Å². The van der Waals surface area contributed by atoms with Crippen LogP contribution >= 0.6 is 0 Å². The van der Waals surface area contributed by atoms with Crippen molar-refractivity contribution in [3.05, 3.63) is 24.0 Å². The molecular weight excluding hydrogens is 274 g/mol. The second-order valence-electron chi connectivity index (χ2n) is 8.23. The molecule has 3 nitrogen and oxygen atoms in total. The van der Waals surface area contributed by atoms with Gasteiger partial charge in [0, 0.05) is 23.9 Å². The van der Waals surface area contributed by atoms with Crippen molar-refractivity contribution in [3.8, 4) is 0 Å². The summed E-state index contributed by atoms with van der Waals surface area (Å²) < 4.78 is 0. The van der Waals surface area contributed by atoms with Gasteiger partial charge in [-0.3, -0.25) is 4.79 Å². The molecule has 0 radical (unpaired) electrons. The molecule has 2 aliphatic heterocycles. The van der Waals surface area contributed by atoms with Gasteiger partial charge in [-0.1, -0.05) is 19.1 Å². The Morgan fingerprint density at radius 1 is 1.23 bits per heavy atom. The monoisotopic (exact) mass is 301 g/mol. The Morgan fingerprint density at radius 2 is 2.05 bits per heavy atom. The van der Waals surface area contributed by atoms with Crippen molar-refractivity contribution in [3.63, 3.8) is 0 Å². The minimum atomic E-state index is -0.0213. The molecule has 4 aliphatic rings. The summed E-state index contributed by atoms with van der Waals surface area (Å²) in [5.74, 6) is 2.70. The van der Waals surface area contributed by atoms with E-state index >= 15 is 0 Å². The molecule has 1 N–H and O–H groups in total. The maximum Gasteiger partial charge on any atom is 0.226 e. The summed E-state index contributed by atoms with van der Waals surface area (Å²) >= 11 is 0. The number of hydrogen-bond donors (Lipinski definition) is 1. The smallest absolute Gasteiger partial charge is 0.226 e. The number of carbonyl (C=O) groups excluding carboxylic acids is 1. The Morgan fingerprint density at radius 3 is 2.86 bits per heavy atom. The SMILES string of the molecule is C[C@]12CCC3[C@@H](CCN4C(=O)CC=CC[C@]34C)C1CC=C2O. The topological polar surface area (TPSA) is 40.5 Å². The van der Waals surface area contributed by atoms with Crippen LogP contribution in [0.1, 0.15) is 52.4 Å². The molecule has 1 amide bonds. The van der Waals surface area contributed by atoms with Crippen molar-refractivity contribution in [1.29, 1.82) is 0 Å². The Labute approximate surface area is 133 Å². The zero-order valence-electron chi connectivity index (χ0n) is 13.7. The van der Waals surface area contributed by atoms with E-state index in [0.29, 0.717) is 35.8 Å². The molecule has 2 fully saturated rings.